The minimum atomic E-state index is -0.600. The van der Waals surface area contributed by atoms with E-state index >= 15 is 0 Å². The molecule has 1 aliphatic heterocycles. The molecule has 0 radical (unpaired) electrons. The van der Waals surface area contributed by atoms with Crippen molar-refractivity contribution in [3.05, 3.63) is 23.6 Å². The predicted molar refractivity (Wildman–Crippen MR) is 67.2 cm³/mol. The van der Waals surface area contributed by atoms with Crippen LogP contribution in [0.15, 0.2) is 12.3 Å². The molecule has 102 valence electrons. The van der Waals surface area contributed by atoms with E-state index in [9.17, 15) is 14.0 Å². The molecule has 1 aromatic rings. The Morgan fingerprint density at radius 3 is 3.05 bits per heavy atom. The van der Waals surface area contributed by atoms with Gasteiger partial charge in [-0.25, -0.2) is 9.37 Å². The molecule has 2 rings (SSSR count). The van der Waals surface area contributed by atoms with E-state index in [0.29, 0.717) is 13.0 Å². The van der Waals surface area contributed by atoms with Crippen molar-refractivity contribution in [2.75, 3.05) is 18.9 Å². The number of halogens is 1. The van der Waals surface area contributed by atoms with Crippen LogP contribution in [-0.4, -0.2) is 36.4 Å². The van der Waals surface area contributed by atoms with Crippen molar-refractivity contribution in [1.82, 2.24) is 15.6 Å². The van der Waals surface area contributed by atoms with Gasteiger partial charge in [0.15, 0.2) is 0 Å². The third-order valence-corrected chi connectivity index (χ3v) is 2.93. The number of carbonyl (C=O) groups excluding carboxylic acids is 2. The molecule has 19 heavy (non-hydrogen) atoms. The molecule has 3 N–H and O–H groups in total. The fourth-order valence-electron chi connectivity index (χ4n) is 1.96. The van der Waals surface area contributed by atoms with E-state index < -0.39 is 17.8 Å². The van der Waals surface area contributed by atoms with Crippen LogP contribution in [0.4, 0.5) is 10.2 Å². The van der Waals surface area contributed by atoms with E-state index in [2.05, 4.69) is 20.9 Å². The fourth-order valence-corrected chi connectivity index (χ4v) is 1.96. The van der Waals surface area contributed by atoms with Crippen LogP contribution in [0.5, 0.6) is 0 Å². The molecule has 0 aliphatic carbocycles. The van der Waals surface area contributed by atoms with Crippen molar-refractivity contribution >= 4 is 17.6 Å². The second-order valence-electron chi connectivity index (χ2n) is 4.26. The van der Waals surface area contributed by atoms with Gasteiger partial charge in [0, 0.05) is 13.6 Å². The van der Waals surface area contributed by atoms with Crippen LogP contribution >= 0.6 is 0 Å². The maximum absolute atomic E-state index is 13.1. The molecule has 1 aliphatic rings. The van der Waals surface area contributed by atoms with E-state index in [0.717, 1.165) is 18.7 Å². The lowest BCUT2D eigenvalue weighted by molar-refractivity contribution is -0.124. The molecule has 1 aromatic heterocycles. The van der Waals surface area contributed by atoms with Gasteiger partial charge in [0.2, 0.25) is 5.91 Å². The highest BCUT2D eigenvalue weighted by molar-refractivity contribution is 6.01. The number of anilines is 1. The Labute approximate surface area is 109 Å². The largest absolute Gasteiger partial charge is 0.372 e. The van der Waals surface area contributed by atoms with Crippen molar-refractivity contribution in [2.45, 2.75) is 18.9 Å². The SMILES string of the molecule is CNc1ncc(F)cc1C(=O)NC1CCCNC1=O. The number of aromatic nitrogens is 1. The maximum atomic E-state index is 13.1. The van der Waals surface area contributed by atoms with Gasteiger partial charge in [0.05, 0.1) is 11.8 Å². The van der Waals surface area contributed by atoms with Gasteiger partial charge in [-0.05, 0) is 18.9 Å². The Morgan fingerprint density at radius 1 is 1.58 bits per heavy atom. The monoisotopic (exact) mass is 266 g/mol. The first-order chi connectivity index (χ1) is 9.11. The fraction of sp³-hybridized carbons (Fsp3) is 0.417. The Bertz CT molecular complexity index is 507. The summed E-state index contributed by atoms with van der Waals surface area (Å²) in [6.07, 6.45) is 2.40. The van der Waals surface area contributed by atoms with Crippen LogP contribution in [0.25, 0.3) is 0 Å². The van der Waals surface area contributed by atoms with Crippen LogP contribution in [0.3, 0.4) is 0 Å². The van der Waals surface area contributed by atoms with Crippen molar-refractivity contribution in [1.29, 1.82) is 0 Å². The highest BCUT2D eigenvalue weighted by Crippen LogP contribution is 2.14. The summed E-state index contributed by atoms with van der Waals surface area (Å²) < 4.78 is 13.1. The lowest BCUT2D eigenvalue weighted by Crippen LogP contribution is -2.50. The maximum Gasteiger partial charge on any atom is 0.255 e. The topological polar surface area (TPSA) is 83.1 Å². The second-order valence-corrected chi connectivity index (χ2v) is 4.26. The number of hydrogen-bond acceptors (Lipinski definition) is 4. The summed E-state index contributed by atoms with van der Waals surface area (Å²) in [6.45, 7) is 0.620. The second kappa shape index (κ2) is 5.64. The van der Waals surface area contributed by atoms with Crippen molar-refractivity contribution < 1.29 is 14.0 Å². The number of nitrogens with one attached hydrogen (secondary N) is 3. The summed E-state index contributed by atoms with van der Waals surface area (Å²) in [4.78, 5) is 27.4. The van der Waals surface area contributed by atoms with Gasteiger partial charge >= 0.3 is 0 Å². The lowest BCUT2D eigenvalue weighted by Gasteiger charge is -2.23. The summed E-state index contributed by atoms with van der Waals surface area (Å²) in [6, 6.07) is 0.517. The van der Waals surface area contributed by atoms with Gasteiger partial charge in [-0.15, -0.1) is 0 Å². The molecular weight excluding hydrogens is 251 g/mol. The van der Waals surface area contributed by atoms with Crippen LogP contribution in [-0.2, 0) is 4.79 Å². The molecule has 6 nitrogen and oxygen atoms in total. The number of nitrogens with zero attached hydrogens (tertiary/aromatic N) is 1. The van der Waals surface area contributed by atoms with E-state index in [1.165, 1.54) is 0 Å². The van der Waals surface area contributed by atoms with Crippen LogP contribution in [0.2, 0.25) is 0 Å². The van der Waals surface area contributed by atoms with Crippen LogP contribution in [0.1, 0.15) is 23.2 Å². The molecule has 1 fully saturated rings. The normalized spacial score (nSPS) is 18.6. The summed E-state index contributed by atoms with van der Waals surface area (Å²) in [5, 5.41) is 7.97. The standard InChI is InChI=1S/C12H15FN4O2/c1-14-10-8(5-7(13)6-16-10)11(18)17-9-3-2-4-15-12(9)19/h5-6,9H,2-4H2,1H3,(H,14,16)(H,15,19)(H,17,18). The summed E-state index contributed by atoms with van der Waals surface area (Å²) in [5.74, 6) is -1.05. The predicted octanol–water partition coefficient (Wildman–Crippen LogP) is 0.271. The molecule has 1 saturated heterocycles. The van der Waals surface area contributed by atoms with Gasteiger partial charge in [-0.1, -0.05) is 0 Å². The highest BCUT2D eigenvalue weighted by Gasteiger charge is 2.25. The molecule has 1 atom stereocenters. The molecule has 2 heterocycles. The van der Waals surface area contributed by atoms with Gasteiger partial charge < -0.3 is 16.0 Å². The van der Waals surface area contributed by atoms with Gasteiger partial charge in [-0.2, -0.15) is 0 Å². The molecule has 1 unspecified atom stereocenters. The van der Waals surface area contributed by atoms with Crippen molar-refractivity contribution in [3.63, 3.8) is 0 Å². The van der Waals surface area contributed by atoms with E-state index in [1.807, 2.05) is 0 Å². The Morgan fingerprint density at radius 2 is 2.37 bits per heavy atom. The summed E-state index contributed by atoms with van der Waals surface area (Å²) in [5.41, 5.74) is 0.0841. The lowest BCUT2D eigenvalue weighted by atomic mass is 10.1. The highest BCUT2D eigenvalue weighted by atomic mass is 19.1. The molecule has 2 amide bonds. The van der Waals surface area contributed by atoms with E-state index in [1.54, 1.807) is 7.05 Å². The smallest absolute Gasteiger partial charge is 0.255 e. The first-order valence-corrected chi connectivity index (χ1v) is 6.03. The third-order valence-electron chi connectivity index (χ3n) is 2.93. The van der Waals surface area contributed by atoms with Gasteiger partial charge in [0.1, 0.15) is 17.7 Å². The molecule has 0 bridgehead atoms. The minimum absolute atomic E-state index is 0.0841. The van der Waals surface area contributed by atoms with E-state index in [-0.39, 0.29) is 17.3 Å². The number of carbonyl (C=O) groups is 2. The minimum Gasteiger partial charge on any atom is -0.372 e. The molecular formula is C12H15FN4O2. The average Bonchev–Trinajstić information content (AvgIpc) is 2.41. The number of rotatable bonds is 3. The molecule has 7 heteroatoms. The first-order valence-electron chi connectivity index (χ1n) is 6.03. The Kier molecular flexibility index (Phi) is 3.94. The van der Waals surface area contributed by atoms with Crippen molar-refractivity contribution in [3.8, 4) is 0 Å². The first kappa shape index (κ1) is 13.3. The van der Waals surface area contributed by atoms with Crippen LogP contribution < -0.4 is 16.0 Å². The van der Waals surface area contributed by atoms with Crippen molar-refractivity contribution in [2.24, 2.45) is 0 Å². The quantitative estimate of drug-likeness (QED) is 0.733. The zero-order valence-electron chi connectivity index (χ0n) is 10.5. The zero-order chi connectivity index (χ0) is 13.8. The van der Waals surface area contributed by atoms with Gasteiger partial charge in [0.25, 0.3) is 5.91 Å². The Balaban J connectivity index is 2.15. The molecule has 0 aromatic carbocycles. The number of pyridine rings is 1. The van der Waals surface area contributed by atoms with E-state index in [4.69, 9.17) is 0 Å². The number of hydrogen-bond donors (Lipinski definition) is 3. The number of amides is 2. The summed E-state index contributed by atoms with van der Waals surface area (Å²) >= 11 is 0. The van der Waals surface area contributed by atoms with Gasteiger partial charge in [-0.3, -0.25) is 9.59 Å². The molecule has 0 saturated carbocycles. The molecule has 0 spiro atoms. The number of piperidine rings is 1. The van der Waals surface area contributed by atoms with Crippen LogP contribution in [0, 0.1) is 5.82 Å². The third kappa shape index (κ3) is 2.98. The summed E-state index contributed by atoms with van der Waals surface area (Å²) in [7, 11) is 1.59. The zero-order valence-corrected chi connectivity index (χ0v) is 10.5. The average molecular weight is 266 g/mol. The Hall–Kier alpha value is -2.18.